The SMILES string of the molecule is CCCCOc1c(Br)cc(/C=N\NC(=O)c2cc3cccc(OC)c3o2)cc1OCC. The van der Waals surface area contributed by atoms with Gasteiger partial charge in [0.15, 0.2) is 28.6 Å². The average Bonchev–Trinajstić information content (AvgIpc) is 3.20. The van der Waals surface area contributed by atoms with Gasteiger partial charge in [-0.25, -0.2) is 5.43 Å². The van der Waals surface area contributed by atoms with E-state index in [9.17, 15) is 4.79 Å². The molecule has 0 aliphatic heterocycles. The van der Waals surface area contributed by atoms with Gasteiger partial charge in [-0.05, 0) is 59.1 Å². The van der Waals surface area contributed by atoms with E-state index in [1.165, 1.54) is 6.21 Å². The molecular formula is C23H25BrN2O5. The predicted molar refractivity (Wildman–Crippen MR) is 124 cm³/mol. The molecule has 1 heterocycles. The molecule has 3 rings (SSSR count). The molecule has 1 N–H and O–H groups in total. The molecule has 0 radical (unpaired) electrons. The second-order valence-corrected chi connectivity index (χ2v) is 7.51. The summed E-state index contributed by atoms with van der Waals surface area (Å²) < 4.78 is 23.2. The van der Waals surface area contributed by atoms with Crippen LogP contribution in [0.4, 0.5) is 0 Å². The third-order valence-electron chi connectivity index (χ3n) is 4.41. The van der Waals surface area contributed by atoms with E-state index in [2.05, 4.69) is 33.4 Å². The summed E-state index contributed by atoms with van der Waals surface area (Å²) in [5.74, 6) is 1.53. The highest BCUT2D eigenvalue weighted by atomic mass is 79.9. The Hall–Kier alpha value is -3.00. The fourth-order valence-corrected chi connectivity index (χ4v) is 3.49. The van der Waals surface area contributed by atoms with Crippen LogP contribution in [0.5, 0.6) is 17.2 Å². The maximum atomic E-state index is 12.4. The number of rotatable bonds is 10. The van der Waals surface area contributed by atoms with Crippen molar-refractivity contribution in [1.82, 2.24) is 5.43 Å². The summed E-state index contributed by atoms with van der Waals surface area (Å²) in [6.45, 7) is 5.13. The molecule has 0 saturated heterocycles. The number of fused-ring (bicyclic) bond motifs is 1. The molecule has 3 aromatic rings. The van der Waals surface area contributed by atoms with Crippen molar-refractivity contribution in [3.63, 3.8) is 0 Å². The van der Waals surface area contributed by atoms with Crippen LogP contribution in [0.1, 0.15) is 42.8 Å². The second kappa shape index (κ2) is 10.9. The number of hydrazone groups is 1. The van der Waals surface area contributed by atoms with E-state index in [4.69, 9.17) is 18.6 Å². The van der Waals surface area contributed by atoms with Gasteiger partial charge < -0.3 is 18.6 Å². The Kier molecular flexibility index (Phi) is 7.94. The summed E-state index contributed by atoms with van der Waals surface area (Å²) in [7, 11) is 1.55. The zero-order valence-electron chi connectivity index (χ0n) is 17.7. The summed E-state index contributed by atoms with van der Waals surface area (Å²) in [5, 5.41) is 4.82. The molecule has 0 saturated carbocycles. The van der Waals surface area contributed by atoms with Gasteiger partial charge in [-0.1, -0.05) is 25.5 Å². The van der Waals surface area contributed by atoms with E-state index in [-0.39, 0.29) is 5.76 Å². The number of furan rings is 1. The van der Waals surface area contributed by atoms with Crippen molar-refractivity contribution in [1.29, 1.82) is 0 Å². The number of unbranched alkanes of at least 4 members (excludes halogenated alkanes) is 1. The van der Waals surface area contributed by atoms with Crippen molar-refractivity contribution < 1.29 is 23.4 Å². The number of methoxy groups -OCH3 is 1. The molecule has 0 atom stereocenters. The number of para-hydroxylation sites is 1. The fraction of sp³-hybridized carbons (Fsp3) is 0.304. The van der Waals surface area contributed by atoms with Crippen LogP contribution in [0.2, 0.25) is 0 Å². The van der Waals surface area contributed by atoms with Gasteiger partial charge in [-0.3, -0.25) is 4.79 Å². The zero-order chi connectivity index (χ0) is 22.2. The summed E-state index contributed by atoms with van der Waals surface area (Å²) in [6.07, 6.45) is 3.54. The van der Waals surface area contributed by atoms with Gasteiger partial charge in [0.2, 0.25) is 0 Å². The van der Waals surface area contributed by atoms with Crippen LogP contribution in [-0.2, 0) is 0 Å². The standard InChI is InChI=1S/C23H25BrN2O5/c1-4-6-10-30-22-17(24)11-15(12-19(22)29-5-2)14-25-26-23(27)20-13-16-8-7-9-18(28-3)21(16)31-20/h7-9,11-14H,4-6,10H2,1-3H3,(H,26,27)/b25-14-. The predicted octanol–water partition coefficient (Wildman–Crippen LogP) is 5.55. The number of carbonyl (C=O) groups excluding carboxylic acids is 1. The van der Waals surface area contributed by atoms with Gasteiger partial charge in [0.1, 0.15) is 0 Å². The molecular weight excluding hydrogens is 464 g/mol. The van der Waals surface area contributed by atoms with E-state index in [1.807, 2.05) is 31.2 Å². The number of hydrogen-bond donors (Lipinski definition) is 1. The number of nitrogens with zero attached hydrogens (tertiary/aromatic N) is 1. The first kappa shape index (κ1) is 22.7. The quantitative estimate of drug-likeness (QED) is 0.230. The third-order valence-corrected chi connectivity index (χ3v) is 5.00. The highest BCUT2D eigenvalue weighted by Gasteiger charge is 2.15. The van der Waals surface area contributed by atoms with Gasteiger partial charge in [0.25, 0.3) is 0 Å². The number of ether oxygens (including phenoxy) is 3. The Labute approximate surface area is 189 Å². The first-order chi connectivity index (χ1) is 15.1. The van der Waals surface area contributed by atoms with E-state index in [1.54, 1.807) is 19.2 Å². The Morgan fingerprint density at radius 3 is 2.77 bits per heavy atom. The molecule has 2 aromatic carbocycles. The average molecular weight is 489 g/mol. The number of nitrogens with one attached hydrogen (secondary N) is 1. The lowest BCUT2D eigenvalue weighted by Crippen LogP contribution is -2.16. The molecule has 0 aliphatic carbocycles. The summed E-state index contributed by atoms with van der Waals surface area (Å²) in [5.41, 5.74) is 3.74. The molecule has 0 fully saturated rings. The van der Waals surface area contributed by atoms with Crippen molar-refractivity contribution in [2.24, 2.45) is 5.10 Å². The van der Waals surface area contributed by atoms with E-state index < -0.39 is 5.91 Å². The van der Waals surface area contributed by atoms with Crippen LogP contribution < -0.4 is 19.6 Å². The number of carbonyl (C=O) groups is 1. The highest BCUT2D eigenvalue weighted by Crippen LogP contribution is 2.36. The minimum absolute atomic E-state index is 0.146. The minimum atomic E-state index is -0.460. The minimum Gasteiger partial charge on any atom is -0.493 e. The molecule has 1 amide bonds. The maximum Gasteiger partial charge on any atom is 0.307 e. The smallest absolute Gasteiger partial charge is 0.307 e. The summed E-state index contributed by atoms with van der Waals surface area (Å²) in [4.78, 5) is 12.4. The Morgan fingerprint density at radius 1 is 1.19 bits per heavy atom. The molecule has 0 unspecified atom stereocenters. The maximum absolute atomic E-state index is 12.4. The molecule has 164 valence electrons. The van der Waals surface area contributed by atoms with Crippen LogP contribution in [0.15, 0.2) is 50.4 Å². The lowest BCUT2D eigenvalue weighted by molar-refractivity contribution is 0.0929. The van der Waals surface area contributed by atoms with Crippen molar-refractivity contribution in [2.45, 2.75) is 26.7 Å². The third kappa shape index (κ3) is 5.58. The number of amides is 1. The number of halogens is 1. The summed E-state index contributed by atoms with van der Waals surface area (Å²) in [6, 6.07) is 10.8. The molecule has 0 bridgehead atoms. The molecule has 31 heavy (non-hydrogen) atoms. The molecule has 1 aromatic heterocycles. The summed E-state index contributed by atoms with van der Waals surface area (Å²) >= 11 is 3.53. The lowest BCUT2D eigenvalue weighted by atomic mass is 10.2. The van der Waals surface area contributed by atoms with Crippen LogP contribution in [0.3, 0.4) is 0 Å². The second-order valence-electron chi connectivity index (χ2n) is 6.65. The van der Waals surface area contributed by atoms with Gasteiger partial charge in [-0.15, -0.1) is 0 Å². The van der Waals surface area contributed by atoms with Crippen LogP contribution in [0.25, 0.3) is 11.0 Å². The Balaban J connectivity index is 1.73. The van der Waals surface area contributed by atoms with E-state index >= 15 is 0 Å². The first-order valence-corrected chi connectivity index (χ1v) is 10.9. The molecule has 0 spiro atoms. The van der Waals surface area contributed by atoms with Gasteiger partial charge >= 0.3 is 5.91 Å². The Morgan fingerprint density at radius 2 is 2.03 bits per heavy atom. The van der Waals surface area contributed by atoms with Gasteiger partial charge in [0.05, 0.1) is 31.0 Å². The molecule has 0 aliphatic rings. The van der Waals surface area contributed by atoms with Gasteiger partial charge in [0, 0.05) is 5.39 Å². The van der Waals surface area contributed by atoms with Crippen LogP contribution in [0, 0.1) is 0 Å². The zero-order valence-corrected chi connectivity index (χ0v) is 19.3. The van der Waals surface area contributed by atoms with Crippen LogP contribution in [-0.4, -0.2) is 32.4 Å². The van der Waals surface area contributed by atoms with E-state index in [0.29, 0.717) is 36.0 Å². The number of benzene rings is 2. The highest BCUT2D eigenvalue weighted by molar-refractivity contribution is 9.10. The topological polar surface area (TPSA) is 82.3 Å². The molecule has 7 nitrogen and oxygen atoms in total. The van der Waals surface area contributed by atoms with E-state index in [0.717, 1.165) is 28.3 Å². The lowest BCUT2D eigenvalue weighted by Gasteiger charge is -2.14. The van der Waals surface area contributed by atoms with Crippen molar-refractivity contribution >= 4 is 39.0 Å². The monoisotopic (exact) mass is 488 g/mol. The first-order valence-electron chi connectivity index (χ1n) is 10.1. The van der Waals surface area contributed by atoms with Crippen molar-refractivity contribution in [3.8, 4) is 17.2 Å². The number of hydrogen-bond acceptors (Lipinski definition) is 6. The fourth-order valence-electron chi connectivity index (χ4n) is 2.91. The van der Waals surface area contributed by atoms with Crippen molar-refractivity contribution in [2.75, 3.05) is 20.3 Å². The largest absolute Gasteiger partial charge is 0.493 e. The van der Waals surface area contributed by atoms with Gasteiger partial charge in [-0.2, -0.15) is 5.10 Å². The normalized spacial score (nSPS) is 11.1. The Bertz CT molecular complexity index is 1080. The van der Waals surface area contributed by atoms with Crippen molar-refractivity contribution in [3.05, 3.63) is 52.2 Å². The van der Waals surface area contributed by atoms with Crippen LogP contribution >= 0.6 is 15.9 Å². The molecule has 8 heteroatoms.